The lowest BCUT2D eigenvalue weighted by Crippen LogP contribution is -2.64. The Bertz CT molecular complexity index is 891. The second-order valence-electron chi connectivity index (χ2n) is 6.83. The third-order valence-corrected chi connectivity index (χ3v) is 5.48. The Morgan fingerprint density at radius 2 is 2.19 bits per heavy atom. The van der Waals surface area contributed by atoms with Crippen LogP contribution in [-0.4, -0.2) is 56.9 Å². The zero-order valence-corrected chi connectivity index (χ0v) is 14.1. The molecule has 4 heterocycles. The van der Waals surface area contributed by atoms with Gasteiger partial charge in [-0.1, -0.05) is 0 Å². The summed E-state index contributed by atoms with van der Waals surface area (Å²) < 4.78 is 29.9. The Morgan fingerprint density at radius 1 is 1.35 bits per heavy atom. The molecule has 0 aromatic carbocycles. The summed E-state index contributed by atoms with van der Waals surface area (Å²) in [6, 6.07) is 3.60. The van der Waals surface area contributed by atoms with Gasteiger partial charge in [0.25, 0.3) is 5.92 Å². The maximum Gasteiger partial charge on any atom is 0.274 e. The quantitative estimate of drug-likeness (QED) is 0.886. The highest BCUT2D eigenvalue weighted by Gasteiger charge is 2.64. The number of H-pyrrole nitrogens is 1. The molecular weight excluding hydrogens is 342 g/mol. The predicted octanol–water partition coefficient (Wildman–Crippen LogP) is 2.08. The van der Waals surface area contributed by atoms with Crippen LogP contribution in [0.25, 0.3) is 11.0 Å². The number of carbonyl (C=O) groups excluding carboxylic acids is 1. The van der Waals surface area contributed by atoms with E-state index in [1.807, 2.05) is 11.0 Å². The molecule has 2 fully saturated rings. The van der Waals surface area contributed by atoms with Crippen LogP contribution in [0.4, 0.5) is 14.6 Å². The van der Waals surface area contributed by atoms with E-state index in [-0.39, 0.29) is 32.4 Å². The van der Waals surface area contributed by atoms with E-state index in [1.165, 1.54) is 11.2 Å². The molecule has 0 radical (unpaired) electrons. The number of aromatic amines is 1. The molecule has 1 atom stereocenters. The summed E-state index contributed by atoms with van der Waals surface area (Å²) in [6.07, 6.45) is 3.11. The molecule has 2 aliphatic heterocycles. The van der Waals surface area contributed by atoms with E-state index < -0.39 is 17.4 Å². The number of piperidine rings is 1. The lowest BCUT2D eigenvalue weighted by molar-refractivity contribution is -0.148. The lowest BCUT2D eigenvalue weighted by Gasteiger charge is -2.48. The second kappa shape index (κ2) is 5.90. The zero-order valence-electron chi connectivity index (χ0n) is 14.1. The largest absolute Gasteiger partial charge is 0.353 e. The topological polar surface area (TPSA) is 88.9 Å². The monoisotopic (exact) mass is 360 g/mol. The van der Waals surface area contributed by atoms with Gasteiger partial charge in [0.05, 0.1) is 11.5 Å². The van der Waals surface area contributed by atoms with Gasteiger partial charge >= 0.3 is 0 Å². The molecule has 1 N–H and O–H groups in total. The molecule has 1 amide bonds. The van der Waals surface area contributed by atoms with Crippen LogP contribution in [0.15, 0.2) is 18.6 Å². The fourth-order valence-electron chi connectivity index (χ4n) is 4.27. The minimum atomic E-state index is -3.00. The molecule has 0 bridgehead atoms. The second-order valence-corrected chi connectivity index (χ2v) is 6.83. The number of hydrogen-bond acceptors (Lipinski definition) is 5. The molecule has 2 saturated heterocycles. The maximum absolute atomic E-state index is 14.9. The van der Waals surface area contributed by atoms with E-state index in [0.717, 1.165) is 5.39 Å². The van der Waals surface area contributed by atoms with Gasteiger partial charge in [0.15, 0.2) is 0 Å². The summed E-state index contributed by atoms with van der Waals surface area (Å²) in [7, 11) is 0. The Balaban J connectivity index is 1.73. The fourth-order valence-corrected chi connectivity index (χ4v) is 4.27. The van der Waals surface area contributed by atoms with Crippen molar-refractivity contribution in [1.29, 1.82) is 5.26 Å². The first-order valence-electron chi connectivity index (χ1n) is 8.57. The molecule has 2 aliphatic rings. The number of amides is 1. The van der Waals surface area contributed by atoms with Crippen LogP contribution < -0.4 is 4.90 Å². The molecule has 4 rings (SSSR count). The van der Waals surface area contributed by atoms with E-state index in [9.17, 15) is 13.6 Å². The van der Waals surface area contributed by atoms with Gasteiger partial charge in [-0.05, 0) is 18.9 Å². The number of nitriles is 1. The number of nitrogens with one attached hydrogen (secondary N) is 1. The summed E-state index contributed by atoms with van der Waals surface area (Å²) in [5.74, 6) is -2.94. The maximum atomic E-state index is 14.9. The van der Waals surface area contributed by atoms with Crippen LogP contribution in [0.5, 0.6) is 0 Å². The van der Waals surface area contributed by atoms with Crippen molar-refractivity contribution in [2.75, 3.05) is 24.5 Å². The molecule has 2 aromatic rings. The van der Waals surface area contributed by atoms with Gasteiger partial charge in [-0.3, -0.25) is 4.79 Å². The molecule has 1 spiro atoms. The number of carbonyl (C=O) groups is 1. The van der Waals surface area contributed by atoms with Gasteiger partial charge in [-0.15, -0.1) is 0 Å². The standard InChI is InChI=1S/C17H18F2N6O/c18-17(19)5-9-25(13(26)2-6-20)16(17)4-1-8-24(10-16)15-12-3-7-21-14(12)22-11-23-15/h3,7,11H,1-2,4-5,8-10H2,(H,21,22,23). The number of aromatic nitrogens is 3. The number of hydrogen-bond donors (Lipinski definition) is 1. The van der Waals surface area contributed by atoms with Gasteiger partial charge in [0.2, 0.25) is 5.91 Å². The highest BCUT2D eigenvalue weighted by atomic mass is 19.3. The van der Waals surface area contributed by atoms with Gasteiger partial charge < -0.3 is 14.8 Å². The molecule has 136 valence electrons. The van der Waals surface area contributed by atoms with Crippen molar-refractivity contribution in [2.45, 2.75) is 37.1 Å². The lowest BCUT2D eigenvalue weighted by atomic mass is 9.83. The highest BCUT2D eigenvalue weighted by molar-refractivity contribution is 5.87. The third kappa shape index (κ3) is 2.32. The number of likely N-dealkylation sites (tertiary alicyclic amines) is 1. The molecule has 9 heteroatoms. The average molecular weight is 360 g/mol. The minimum absolute atomic E-state index is 0.00549. The van der Waals surface area contributed by atoms with Gasteiger partial charge in [0.1, 0.15) is 29.8 Å². The Labute approximate surface area is 148 Å². The normalized spacial score (nSPS) is 25.0. The number of rotatable bonds is 2. The van der Waals surface area contributed by atoms with Crippen molar-refractivity contribution < 1.29 is 13.6 Å². The summed E-state index contributed by atoms with van der Waals surface area (Å²) in [5.41, 5.74) is -0.947. The average Bonchev–Trinajstić information content (AvgIpc) is 3.19. The first-order chi connectivity index (χ1) is 12.5. The minimum Gasteiger partial charge on any atom is -0.353 e. The number of anilines is 1. The van der Waals surface area contributed by atoms with Crippen LogP contribution in [-0.2, 0) is 4.79 Å². The third-order valence-electron chi connectivity index (χ3n) is 5.48. The molecule has 0 saturated carbocycles. The van der Waals surface area contributed by atoms with Crippen molar-refractivity contribution in [3.8, 4) is 6.07 Å². The summed E-state index contributed by atoms with van der Waals surface area (Å²) in [4.78, 5) is 26.8. The van der Waals surface area contributed by atoms with Crippen molar-refractivity contribution in [1.82, 2.24) is 19.9 Å². The number of nitrogens with zero attached hydrogens (tertiary/aromatic N) is 5. The number of fused-ring (bicyclic) bond motifs is 1. The Morgan fingerprint density at radius 3 is 3.00 bits per heavy atom. The van der Waals surface area contributed by atoms with Crippen LogP contribution in [0.2, 0.25) is 0 Å². The summed E-state index contributed by atoms with van der Waals surface area (Å²) in [6.45, 7) is 0.550. The summed E-state index contributed by atoms with van der Waals surface area (Å²) >= 11 is 0. The van der Waals surface area contributed by atoms with Gasteiger partial charge in [-0.25, -0.2) is 18.7 Å². The predicted molar refractivity (Wildman–Crippen MR) is 89.6 cm³/mol. The highest BCUT2D eigenvalue weighted by Crippen LogP contribution is 2.49. The SMILES string of the molecule is N#CCC(=O)N1CCC(F)(F)C12CCCN(c1ncnc3[nH]ccc13)C2. The van der Waals surface area contributed by atoms with Gasteiger partial charge in [-0.2, -0.15) is 5.26 Å². The van der Waals surface area contributed by atoms with Gasteiger partial charge in [0, 0.05) is 32.3 Å². The number of alkyl halides is 2. The van der Waals surface area contributed by atoms with Crippen molar-refractivity contribution >= 4 is 22.8 Å². The first kappa shape index (κ1) is 16.7. The van der Waals surface area contributed by atoms with E-state index in [0.29, 0.717) is 24.4 Å². The van der Waals surface area contributed by atoms with E-state index in [2.05, 4.69) is 15.0 Å². The van der Waals surface area contributed by atoms with E-state index >= 15 is 0 Å². The van der Waals surface area contributed by atoms with E-state index in [1.54, 1.807) is 12.3 Å². The van der Waals surface area contributed by atoms with Crippen LogP contribution in [0.1, 0.15) is 25.7 Å². The van der Waals surface area contributed by atoms with Crippen LogP contribution in [0, 0.1) is 11.3 Å². The Kier molecular flexibility index (Phi) is 3.79. The molecular formula is C17H18F2N6O. The van der Waals surface area contributed by atoms with Crippen molar-refractivity contribution in [2.24, 2.45) is 0 Å². The van der Waals surface area contributed by atoms with Crippen molar-refractivity contribution in [3.63, 3.8) is 0 Å². The molecule has 7 nitrogen and oxygen atoms in total. The number of halogens is 2. The molecule has 26 heavy (non-hydrogen) atoms. The molecule has 2 aromatic heterocycles. The zero-order chi connectivity index (χ0) is 18.4. The van der Waals surface area contributed by atoms with Crippen LogP contribution in [0.3, 0.4) is 0 Å². The fraction of sp³-hybridized carbons (Fsp3) is 0.529. The van der Waals surface area contributed by atoms with Crippen molar-refractivity contribution in [3.05, 3.63) is 18.6 Å². The van der Waals surface area contributed by atoms with E-state index in [4.69, 9.17) is 5.26 Å². The summed E-state index contributed by atoms with van der Waals surface area (Å²) in [5, 5.41) is 9.59. The van der Waals surface area contributed by atoms with Crippen LogP contribution >= 0.6 is 0 Å². The molecule has 0 aliphatic carbocycles. The molecule has 1 unspecified atom stereocenters. The first-order valence-corrected chi connectivity index (χ1v) is 8.57. The Hall–Kier alpha value is -2.76. The smallest absolute Gasteiger partial charge is 0.274 e.